The molecule has 1 amide bonds. The molecule has 0 bridgehead atoms. The van der Waals surface area contributed by atoms with Crippen molar-refractivity contribution in [2.45, 2.75) is 321 Å². The van der Waals surface area contributed by atoms with Crippen LogP contribution in [0.2, 0.25) is 0 Å². The van der Waals surface area contributed by atoms with Gasteiger partial charge < -0.3 is 20.3 Å². The molecule has 0 saturated carbocycles. The van der Waals surface area contributed by atoms with Gasteiger partial charge in [-0.15, -0.1) is 0 Å². The van der Waals surface area contributed by atoms with Crippen LogP contribution in [0.4, 0.5) is 0 Å². The summed E-state index contributed by atoms with van der Waals surface area (Å²) >= 11 is 0. The smallest absolute Gasteiger partial charge is 0.305 e. The van der Waals surface area contributed by atoms with Gasteiger partial charge in [-0.05, 0) is 51.4 Å². The standard InChI is InChI=1S/C56H109NO5/c1-3-5-7-9-11-13-15-24-28-32-36-40-44-48-54(59)53(52-58)57-55(60)49-45-41-37-33-29-26-22-20-18-17-19-21-23-27-31-35-39-43-47-51-62-56(61)50-46-42-38-34-30-25-16-14-12-10-8-6-4-2/h14,16,53-54,58-59H,3-13,15,17-52H2,1-2H3,(H,57,60)/b16-14-. The molecule has 0 rings (SSSR count). The van der Waals surface area contributed by atoms with Gasteiger partial charge in [0.1, 0.15) is 0 Å². The Bertz CT molecular complexity index is 924. The highest BCUT2D eigenvalue weighted by Gasteiger charge is 2.20. The molecule has 2 unspecified atom stereocenters. The minimum absolute atomic E-state index is 0.000109. The van der Waals surface area contributed by atoms with Gasteiger partial charge in [-0.2, -0.15) is 0 Å². The van der Waals surface area contributed by atoms with E-state index in [0.717, 1.165) is 44.9 Å². The number of carbonyl (C=O) groups is 2. The second kappa shape index (κ2) is 52.2. The third-order valence-electron chi connectivity index (χ3n) is 13.1. The van der Waals surface area contributed by atoms with Crippen LogP contribution in [0.5, 0.6) is 0 Å². The van der Waals surface area contributed by atoms with Crippen LogP contribution in [0.3, 0.4) is 0 Å². The fourth-order valence-corrected chi connectivity index (χ4v) is 8.75. The Kier molecular flexibility index (Phi) is 51.0. The molecule has 368 valence electrons. The second-order valence-corrected chi connectivity index (χ2v) is 19.3. The molecule has 2 atom stereocenters. The van der Waals surface area contributed by atoms with Crippen LogP contribution in [0.15, 0.2) is 12.2 Å². The average molecular weight is 876 g/mol. The molecule has 6 heteroatoms. The van der Waals surface area contributed by atoms with E-state index in [1.807, 2.05) is 0 Å². The van der Waals surface area contributed by atoms with E-state index in [2.05, 4.69) is 31.3 Å². The Morgan fingerprint density at radius 3 is 1.16 bits per heavy atom. The average Bonchev–Trinajstić information content (AvgIpc) is 3.27. The number of unbranched alkanes of at least 4 members (excludes halogenated alkanes) is 39. The molecule has 0 aliphatic carbocycles. The van der Waals surface area contributed by atoms with Crippen molar-refractivity contribution in [3.8, 4) is 0 Å². The molecule has 0 radical (unpaired) electrons. The Hall–Kier alpha value is -1.40. The minimum Gasteiger partial charge on any atom is -0.466 e. The maximum Gasteiger partial charge on any atom is 0.305 e. The van der Waals surface area contributed by atoms with Crippen molar-refractivity contribution in [1.29, 1.82) is 0 Å². The van der Waals surface area contributed by atoms with Crippen LogP contribution in [-0.2, 0) is 14.3 Å². The van der Waals surface area contributed by atoms with E-state index in [1.54, 1.807) is 0 Å². The van der Waals surface area contributed by atoms with E-state index in [1.165, 1.54) is 231 Å². The number of carbonyl (C=O) groups excluding carboxylic acids is 2. The van der Waals surface area contributed by atoms with Crippen molar-refractivity contribution >= 4 is 11.9 Å². The molecule has 0 spiro atoms. The molecule has 0 aliphatic heterocycles. The number of aliphatic hydroxyl groups is 2. The summed E-state index contributed by atoms with van der Waals surface area (Å²) < 4.78 is 5.46. The predicted molar refractivity (Wildman–Crippen MR) is 269 cm³/mol. The fraction of sp³-hybridized carbons (Fsp3) is 0.929. The molecule has 0 saturated heterocycles. The zero-order chi connectivity index (χ0) is 45.1. The summed E-state index contributed by atoms with van der Waals surface area (Å²) in [5, 5.41) is 23.2. The summed E-state index contributed by atoms with van der Waals surface area (Å²) in [4.78, 5) is 24.5. The van der Waals surface area contributed by atoms with E-state index in [0.29, 0.717) is 25.9 Å². The van der Waals surface area contributed by atoms with Crippen LogP contribution in [0, 0.1) is 0 Å². The summed E-state index contributed by atoms with van der Waals surface area (Å²) in [5.41, 5.74) is 0. The summed E-state index contributed by atoms with van der Waals surface area (Å²) in [6.07, 6.45) is 60.5. The second-order valence-electron chi connectivity index (χ2n) is 19.3. The monoisotopic (exact) mass is 876 g/mol. The first-order valence-corrected chi connectivity index (χ1v) is 27.9. The number of hydrogen-bond acceptors (Lipinski definition) is 5. The number of ether oxygens (including phenoxy) is 1. The van der Waals surface area contributed by atoms with Gasteiger partial charge in [0.15, 0.2) is 0 Å². The van der Waals surface area contributed by atoms with Crippen LogP contribution in [0.25, 0.3) is 0 Å². The third-order valence-corrected chi connectivity index (χ3v) is 13.1. The summed E-state index contributed by atoms with van der Waals surface area (Å²) in [5.74, 6) is -0.0369. The molecule has 0 aromatic heterocycles. The van der Waals surface area contributed by atoms with Crippen molar-refractivity contribution in [2.75, 3.05) is 13.2 Å². The van der Waals surface area contributed by atoms with E-state index < -0.39 is 12.1 Å². The van der Waals surface area contributed by atoms with Gasteiger partial charge in [0.2, 0.25) is 5.91 Å². The predicted octanol–water partition coefficient (Wildman–Crippen LogP) is 16.9. The molecule has 6 nitrogen and oxygen atoms in total. The number of aliphatic hydroxyl groups excluding tert-OH is 2. The number of hydrogen-bond donors (Lipinski definition) is 3. The molecule has 62 heavy (non-hydrogen) atoms. The Morgan fingerprint density at radius 1 is 0.435 bits per heavy atom. The number of rotatable bonds is 52. The summed E-state index contributed by atoms with van der Waals surface area (Å²) in [6, 6.07) is -0.542. The topological polar surface area (TPSA) is 95.9 Å². The molecule has 0 fully saturated rings. The largest absolute Gasteiger partial charge is 0.466 e. The summed E-state index contributed by atoms with van der Waals surface area (Å²) in [6.45, 7) is 4.94. The molecule has 0 heterocycles. The lowest BCUT2D eigenvalue weighted by Gasteiger charge is -2.22. The van der Waals surface area contributed by atoms with Gasteiger partial charge in [-0.25, -0.2) is 0 Å². The van der Waals surface area contributed by atoms with E-state index in [-0.39, 0.29) is 18.5 Å². The summed E-state index contributed by atoms with van der Waals surface area (Å²) in [7, 11) is 0. The Balaban J connectivity index is 3.39. The van der Waals surface area contributed by atoms with Gasteiger partial charge >= 0.3 is 5.97 Å². The first-order chi connectivity index (χ1) is 30.5. The molecule has 3 N–H and O–H groups in total. The molecular formula is C56H109NO5. The highest BCUT2D eigenvalue weighted by atomic mass is 16.5. The minimum atomic E-state index is -0.664. The Morgan fingerprint density at radius 2 is 0.758 bits per heavy atom. The Labute approximate surface area is 387 Å². The lowest BCUT2D eigenvalue weighted by atomic mass is 10.0. The normalized spacial score (nSPS) is 12.6. The SMILES string of the molecule is CCCCCC/C=C\CCCCCCCC(=O)OCCCCCCCCCCCCCCCCCCCCCC(=O)NC(CO)C(O)CCCCCCCCCCCCCCC. The van der Waals surface area contributed by atoms with Crippen molar-refractivity contribution in [2.24, 2.45) is 0 Å². The number of allylic oxidation sites excluding steroid dienone is 2. The van der Waals surface area contributed by atoms with Crippen LogP contribution >= 0.6 is 0 Å². The molecule has 0 aromatic carbocycles. The number of amides is 1. The number of nitrogens with one attached hydrogen (secondary N) is 1. The lowest BCUT2D eigenvalue weighted by Crippen LogP contribution is -2.45. The lowest BCUT2D eigenvalue weighted by molar-refractivity contribution is -0.143. The van der Waals surface area contributed by atoms with Crippen LogP contribution in [-0.4, -0.2) is 47.4 Å². The third kappa shape index (κ3) is 48.1. The zero-order valence-electron chi connectivity index (χ0n) is 41.9. The first kappa shape index (κ1) is 60.6. The molecule has 0 aromatic rings. The highest BCUT2D eigenvalue weighted by Crippen LogP contribution is 2.17. The first-order valence-electron chi connectivity index (χ1n) is 27.9. The van der Waals surface area contributed by atoms with Crippen molar-refractivity contribution in [1.82, 2.24) is 5.32 Å². The van der Waals surface area contributed by atoms with Gasteiger partial charge in [0, 0.05) is 12.8 Å². The van der Waals surface area contributed by atoms with Gasteiger partial charge in [-0.1, -0.05) is 257 Å². The van der Waals surface area contributed by atoms with Crippen molar-refractivity contribution < 1.29 is 24.5 Å². The van der Waals surface area contributed by atoms with Crippen molar-refractivity contribution in [3.63, 3.8) is 0 Å². The molecule has 0 aliphatic rings. The van der Waals surface area contributed by atoms with Crippen molar-refractivity contribution in [3.05, 3.63) is 12.2 Å². The fourth-order valence-electron chi connectivity index (χ4n) is 8.75. The molecular weight excluding hydrogens is 767 g/mol. The quantitative estimate of drug-likeness (QED) is 0.0321. The van der Waals surface area contributed by atoms with Gasteiger partial charge in [0.25, 0.3) is 0 Å². The van der Waals surface area contributed by atoms with E-state index in [4.69, 9.17) is 4.74 Å². The number of esters is 1. The van der Waals surface area contributed by atoms with Gasteiger partial charge in [-0.3, -0.25) is 9.59 Å². The highest BCUT2D eigenvalue weighted by molar-refractivity contribution is 5.76. The van der Waals surface area contributed by atoms with Gasteiger partial charge in [0.05, 0.1) is 25.4 Å². The maximum absolute atomic E-state index is 12.4. The van der Waals surface area contributed by atoms with E-state index >= 15 is 0 Å². The van der Waals surface area contributed by atoms with E-state index in [9.17, 15) is 19.8 Å². The maximum atomic E-state index is 12.4. The zero-order valence-corrected chi connectivity index (χ0v) is 41.9. The van der Waals surface area contributed by atoms with Crippen LogP contribution in [0.1, 0.15) is 309 Å². The van der Waals surface area contributed by atoms with Crippen LogP contribution < -0.4 is 5.32 Å².